The van der Waals surface area contributed by atoms with E-state index in [1.165, 1.54) is 17.7 Å². The van der Waals surface area contributed by atoms with Gasteiger partial charge in [-0.1, -0.05) is 19.4 Å². The van der Waals surface area contributed by atoms with Crippen LogP contribution in [0.5, 0.6) is 0 Å². The third-order valence-corrected chi connectivity index (χ3v) is 7.29. The first kappa shape index (κ1) is 20.3. The van der Waals surface area contributed by atoms with Gasteiger partial charge in [0.2, 0.25) is 0 Å². The third-order valence-electron chi connectivity index (χ3n) is 4.30. The number of anilines is 1. The largest absolute Gasteiger partial charge is 0.396 e. The van der Waals surface area contributed by atoms with Gasteiger partial charge in [0.05, 0.1) is 27.9 Å². The first-order valence-electron chi connectivity index (χ1n) is 9.09. The number of hydrogen-bond donors (Lipinski definition) is 1. The lowest BCUT2D eigenvalue weighted by atomic mass is 10.1. The highest BCUT2D eigenvalue weighted by Crippen LogP contribution is 2.41. The van der Waals surface area contributed by atoms with Crippen LogP contribution in [0.15, 0.2) is 33.9 Å². The van der Waals surface area contributed by atoms with Crippen LogP contribution >= 0.6 is 11.3 Å². The van der Waals surface area contributed by atoms with E-state index in [-0.39, 0.29) is 0 Å². The maximum Gasteiger partial charge on any atom is 0.158 e. The SMILES string of the molecule is C/C=C\N=C(C)c1cc(-c2ncnn2C)c2c(N)c(S(=O)CCCC)sc2n1. The molecule has 0 fully saturated rings. The molecule has 0 radical (unpaired) electrons. The molecule has 0 aliphatic rings. The molecule has 3 aromatic heterocycles. The van der Waals surface area contributed by atoms with Crippen LogP contribution in [0.3, 0.4) is 0 Å². The molecule has 7 nitrogen and oxygen atoms in total. The number of nitrogens with zero attached hydrogens (tertiary/aromatic N) is 5. The molecular formula is C19H24N6OS2. The van der Waals surface area contributed by atoms with Crippen LogP contribution in [0.4, 0.5) is 5.69 Å². The maximum atomic E-state index is 12.8. The molecule has 0 spiro atoms. The zero-order valence-electron chi connectivity index (χ0n) is 16.5. The van der Waals surface area contributed by atoms with Crippen molar-refractivity contribution in [3.63, 3.8) is 0 Å². The summed E-state index contributed by atoms with van der Waals surface area (Å²) in [6.45, 7) is 5.90. The summed E-state index contributed by atoms with van der Waals surface area (Å²) in [5, 5.41) is 4.96. The number of hydrogen-bond acceptors (Lipinski definition) is 7. The first-order chi connectivity index (χ1) is 13.5. The number of nitrogen functional groups attached to an aromatic ring is 1. The molecule has 0 saturated heterocycles. The number of unbranched alkanes of at least 4 members (excludes halogenated alkanes) is 1. The van der Waals surface area contributed by atoms with Gasteiger partial charge < -0.3 is 5.73 Å². The zero-order valence-corrected chi connectivity index (χ0v) is 18.1. The van der Waals surface area contributed by atoms with Crippen molar-refractivity contribution in [1.29, 1.82) is 0 Å². The molecule has 1 atom stereocenters. The summed E-state index contributed by atoms with van der Waals surface area (Å²) >= 11 is 1.39. The van der Waals surface area contributed by atoms with Crippen molar-refractivity contribution in [3.8, 4) is 11.4 Å². The molecule has 0 amide bonds. The average molecular weight is 417 g/mol. The van der Waals surface area contributed by atoms with E-state index in [1.54, 1.807) is 10.9 Å². The molecule has 0 saturated carbocycles. The predicted molar refractivity (Wildman–Crippen MR) is 117 cm³/mol. The number of rotatable bonds is 7. The highest BCUT2D eigenvalue weighted by Gasteiger charge is 2.22. The van der Waals surface area contributed by atoms with E-state index in [4.69, 9.17) is 10.7 Å². The van der Waals surface area contributed by atoms with E-state index in [9.17, 15) is 4.21 Å². The summed E-state index contributed by atoms with van der Waals surface area (Å²) in [5.74, 6) is 1.28. The fourth-order valence-corrected chi connectivity index (χ4v) is 5.59. The molecule has 0 bridgehead atoms. The summed E-state index contributed by atoms with van der Waals surface area (Å²) in [4.78, 5) is 14.3. The van der Waals surface area contributed by atoms with Crippen LogP contribution < -0.4 is 5.73 Å². The number of fused-ring (bicyclic) bond motifs is 1. The Morgan fingerprint density at radius 2 is 2.25 bits per heavy atom. The molecule has 3 rings (SSSR count). The Kier molecular flexibility index (Phi) is 6.35. The van der Waals surface area contributed by atoms with E-state index in [1.807, 2.05) is 33.0 Å². The lowest BCUT2D eigenvalue weighted by Gasteiger charge is -2.07. The van der Waals surface area contributed by atoms with Crippen molar-refractivity contribution >= 4 is 43.8 Å². The Balaban J connectivity index is 2.26. The van der Waals surface area contributed by atoms with Gasteiger partial charge >= 0.3 is 0 Å². The number of aromatic nitrogens is 4. The van der Waals surface area contributed by atoms with Crippen molar-refractivity contribution in [1.82, 2.24) is 19.7 Å². The molecule has 1 unspecified atom stereocenters. The fraction of sp³-hybridized carbons (Fsp3) is 0.368. The number of pyridine rings is 1. The second-order valence-corrected chi connectivity index (χ2v) is 9.11. The molecule has 148 valence electrons. The van der Waals surface area contributed by atoms with Gasteiger partial charge in [0.15, 0.2) is 5.82 Å². The summed E-state index contributed by atoms with van der Waals surface area (Å²) in [6.07, 6.45) is 6.99. The standard InChI is InChI=1S/C19H24N6OS2/c1-5-7-9-28(26)19-16(20)15-13(17-22-11-23-25(17)4)10-14(24-18(15)27-19)12(3)21-8-6-2/h6,8,10-11H,5,7,9,20H2,1-4H3/b8-6-,21-12?. The van der Waals surface area contributed by atoms with Gasteiger partial charge in [-0.3, -0.25) is 9.20 Å². The first-order valence-corrected chi connectivity index (χ1v) is 11.2. The Bertz CT molecular complexity index is 1080. The summed E-state index contributed by atoms with van der Waals surface area (Å²) in [5.41, 5.74) is 9.31. The minimum absolute atomic E-state index is 0.523. The van der Waals surface area contributed by atoms with Gasteiger partial charge in [0, 0.05) is 30.0 Å². The normalized spacial score (nSPS) is 13.6. The third kappa shape index (κ3) is 3.90. The number of nitrogens with two attached hydrogens (primary N) is 1. The van der Waals surface area contributed by atoms with Crippen LogP contribution in [-0.4, -0.2) is 35.4 Å². The highest BCUT2D eigenvalue weighted by atomic mass is 32.2. The Morgan fingerprint density at radius 3 is 2.89 bits per heavy atom. The number of allylic oxidation sites excluding steroid dienone is 1. The van der Waals surface area contributed by atoms with Crippen LogP contribution in [0.2, 0.25) is 0 Å². The van der Waals surface area contributed by atoms with Gasteiger partial charge in [-0.2, -0.15) is 5.10 Å². The van der Waals surface area contributed by atoms with Crippen molar-refractivity contribution in [2.24, 2.45) is 12.0 Å². The Hall–Kier alpha value is -2.39. The minimum Gasteiger partial charge on any atom is -0.396 e. The van der Waals surface area contributed by atoms with Gasteiger partial charge in [-0.05, 0) is 26.3 Å². The Morgan fingerprint density at radius 1 is 1.46 bits per heavy atom. The van der Waals surface area contributed by atoms with Gasteiger partial charge in [-0.15, -0.1) is 11.3 Å². The molecule has 0 aliphatic heterocycles. The van der Waals surface area contributed by atoms with Gasteiger partial charge in [-0.25, -0.2) is 14.6 Å². The van der Waals surface area contributed by atoms with Crippen LogP contribution in [0.1, 0.15) is 39.3 Å². The van der Waals surface area contributed by atoms with E-state index in [2.05, 4.69) is 22.0 Å². The number of thiophene rings is 1. The van der Waals surface area contributed by atoms with E-state index in [0.29, 0.717) is 21.5 Å². The maximum absolute atomic E-state index is 12.8. The number of aliphatic imine (C=N–C) groups is 1. The summed E-state index contributed by atoms with van der Waals surface area (Å²) in [7, 11) is 0.690. The summed E-state index contributed by atoms with van der Waals surface area (Å²) in [6, 6.07) is 1.93. The van der Waals surface area contributed by atoms with Gasteiger partial charge in [0.1, 0.15) is 15.4 Å². The van der Waals surface area contributed by atoms with Crippen LogP contribution in [-0.2, 0) is 17.8 Å². The van der Waals surface area contributed by atoms with Crippen LogP contribution in [0.25, 0.3) is 21.6 Å². The van der Waals surface area contributed by atoms with Crippen molar-refractivity contribution < 1.29 is 4.21 Å². The minimum atomic E-state index is -1.14. The second kappa shape index (κ2) is 8.74. The molecule has 0 aromatic carbocycles. The van der Waals surface area contributed by atoms with E-state index < -0.39 is 10.8 Å². The topological polar surface area (TPSA) is 99.0 Å². The molecular weight excluding hydrogens is 392 g/mol. The van der Waals surface area contributed by atoms with Gasteiger partial charge in [0.25, 0.3) is 0 Å². The highest BCUT2D eigenvalue weighted by molar-refractivity contribution is 7.87. The van der Waals surface area contributed by atoms with Crippen molar-refractivity contribution in [2.45, 2.75) is 37.8 Å². The van der Waals surface area contributed by atoms with E-state index in [0.717, 1.165) is 40.0 Å². The lowest BCUT2D eigenvalue weighted by molar-refractivity contribution is 0.681. The predicted octanol–water partition coefficient (Wildman–Crippen LogP) is 3.92. The average Bonchev–Trinajstić information content (AvgIpc) is 3.26. The van der Waals surface area contributed by atoms with E-state index >= 15 is 0 Å². The molecule has 2 N–H and O–H groups in total. The van der Waals surface area contributed by atoms with Crippen molar-refractivity contribution in [2.75, 3.05) is 11.5 Å². The zero-order chi connectivity index (χ0) is 20.3. The summed E-state index contributed by atoms with van der Waals surface area (Å²) < 4.78 is 15.1. The molecule has 3 heterocycles. The van der Waals surface area contributed by atoms with Crippen LogP contribution in [0, 0.1) is 0 Å². The lowest BCUT2D eigenvalue weighted by Crippen LogP contribution is -2.02. The smallest absolute Gasteiger partial charge is 0.158 e. The molecule has 9 heteroatoms. The molecule has 3 aromatic rings. The second-order valence-electron chi connectivity index (χ2n) is 6.35. The molecule has 0 aliphatic carbocycles. The monoisotopic (exact) mass is 416 g/mol. The quantitative estimate of drug-likeness (QED) is 0.589. The van der Waals surface area contributed by atoms with Crippen molar-refractivity contribution in [3.05, 3.63) is 30.4 Å². The number of aryl methyl sites for hydroxylation is 1. The fourth-order valence-electron chi connectivity index (χ4n) is 2.79. The Labute approximate surface area is 170 Å². The molecule has 28 heavy (non-hydrogen) atoms.